The Kier molecular flexibility index (Phi) is 10.9. The summed E-state index contributed by atoms with van der Waals surface area (Å²) < 4.78 is 59.9. The van der Waals surface area contributed by atoms with Gasteiger partial charge in [0.15, 0.2) is 0 Å². The van der Waals surface area contributed by atoms with Crippen molar-refractivity contribution in [1.82, 2.24) is 15.2 Å². The van der Waals surface area contributed by atoms with Gasteiger partial charge in [-0.15, -0.1) is 0 Å². The molecule has 4 aromatic rings. The van der Waals surface area contributed by atoms with Crippen LogP contribution in [0.15, 0.2) is 66.9 Å². The number of carbonyl (C=O) groups excluding carboxylic acids is 2. The molecule has 1 aliphatic rings. The van der Waals surface area contributed by atoms with Crippen molar-refractivity contribution in [3.63, 3.8) is 0 Å². The number of nitrogens with one attached hydrogen (secondary N) is 2. The number of hydrogen-bond donors (Lipinski definition) is 3. The van der Waals surface area contributed by atoms with Crippen LogP contribution in [0.3, 0.4) is 0 Å². The molecule has 14 heteroatoms. The Morgan fingerprint density at radius 3 is 2.40 bits per heavy atom. The predicted molar refractivity (Wildman–Crippen MR) is 168 cm³/mol. The lowest BCUT2D eigenvalue weighted by molar-refractivity contribution is -0.192. The van der Waals surface area contributed by atoms with Gasteiger partial charge in [0.2, 0.25) is 5.91 Å². The lowest BCUT2D eigenvalue weighted by atomic mass is 9.88. The van der Waals surface area contributed by atoms with Gasteiger partial charge in [-0.1, -0.05) is 36.7 Å². The van der Waals surface area contributed by atoms with Gasteiger partial charge >= 0.3 is 12.1 Å². The molecule has 5 rings (SSSR count). The number of carbonyl (C=O) groups is 3. The third kappa shape index (κ3) is 8.46. The molecule has 0 spiro atoms. The number of aromatic nitrogens is 1. The maximum absolute atomic E-state index is 14.6. The number of aliphatic carboxylic acids is 1. The molecule has 250 valence electrons. The topological polar surface area (TPSA) is 106 Å². The zero-order chi connectivity index (χ0) is 34.6. The molecule has 1 aromatic heterocycles. The summed E-state index contributed by atoms with van der Waals surface area (Å²) in [5.74, 6) is -5.99. The van der Waals surface area contributed by atoms with Gasteiger partial charge in [0, 0.05) is 52.9 Å². The first-order chi connectivity index (χ1) is 22.1. The fourth-order valence-electron chi connectivity index (χ4n) is 5.67. The number of fused-ring (bicyclic) bond motifs is 2. The highest BCUT2D eigenvalue weighted by atomic mass is 35.5. The molecule has 0 radical (unpaired) electrons. The highest BCUT2D eigenvalue weighted by Crippen LogP contribution is 2.35. The molecule has 2 amide bonds. The Morgan fingerprint density at radius 2 is 1.77 bits per heavy atom. The van der Waals surface area contributed by atoms with Crippen molar-refractivity contribution in [2.24, 2.45) is 5.92 Å². The number of benzene rings is 3. The lowest BCUT2D eigenvalue weighted by Crippen LogP contribution is -2.54. The van der Waals surface area contributed by atoms with Crippen molar-refractivity contribution >= 4 is 46.0 Å². The van der Waals surface area contributed by atoms with E-state index in [-0.39, 0.29) is 17.4 Å². The number of carboxylic acids is 1. The summed E-state index contributed by atoms with van der Waals surface area (Å²) in [5.41, 5.74) is 3.10. The normalized spacial score (nSPS) is 15.8. The van der Waals surface area contributed by atoms with Crippen LogP contribution < -0.4 is 10.2 Å². The number of rotatable bonds is 7. The van der Waals surface area contributed by atoms with E-state index in [0.717, 1.165) is 52.8 Å². The number of amides is 2. The van der Waals surface area contributed by atoms with E-state index in [1.54, 1.807) is 11.0 Å². The third-order valence-electron chi connectivity index (χ3n) is 7.75. The van der Waals surface area contributed by atoms with Crippen molar-refractivity contribution in [1.29, 1.82) is 0 Å². The van der Waals surface area contributed by atoms with Crippen LogP contribution in [0.2, 0.25) is 5.02 Å². The van der Waals surface area contributed by atoms with E-state index in [1.165, 1.54) is 0 Å². The van der Waals surface area contributed by atoms with E-state index in [4.69, 9.17) is 21.5 Å². The first-order valence-electron chi connectivity index (χ1n) is 14.4. The quantitative estimate of drug-likeness (QED) is 0.196. The van der Waals surface area contributed by atoms with E-state index < -0.39 is 41.6 Å². The standard InChI is InChI=1S/C31H31ClF2N4O2.C2HF3O2/c1-18(25-15-35-27-7-5-4-6-23(25)27)29(36-30(39)24-10-9-22(33)14-26(24)34)31(40)38-17-19(16-37(2)3)12-20-13-21(32)8-11-28(20)38;3-2(4,5)1(6)7/h4-11,13-15,18-19,29,35H,12,16-17H2,1-3H3,(H,36,39);(H,6,7)/t18?,19-,29?;/m1./s1. The van der Waals surface area contributed by atoms with Gasteiger partial charge in [-0.2, -0.15) is 13.2 Å². The van der Waals surface area contributed by atoms with E-state index >= 15 is 0 Å². The number of nitrogens with zero attached hydrogens (tertiary/aromatic N) is 2. The molecule has 3 N–H and O–H groups in total. The minimum Gasteiger partial charge on any atom is -0.475 e. The first kappa shape index (κ1) is 35.4. The lowest BCUT2D eigenvalue weighted by Gasteiger charge is -2.38. The monoisotopic (exact) mass is 678 g/mol. The van der Waals surface area contributed by atoms with E-state index in [9.17, 15) is 31.5 Å². The minimum atomic E-state index is -5.08. The average molecular weight is 679 g/mol. The Bertz CT molecular complexity index is 1780. The molecule has 47 heavy (non-hydrogen) atoms. The number of carboxylic acid groups (broad SMARTS) is 1. The van der Waals surface area contributed by atoms with Gasteiger partial charge in [-0.3, -0.25) is 9.59 Å². The number of alkyl halides is 3. The minimum absolute atomic E-state index is 0.138. The second-order valence-corrected chi connectivity index (χ2v) is 11.9. The summed E-state index contributed by atoms with van der Waals surface area (Å²) in [7, 11) is 3.97. The Hall–Kier alpha value is -4.49. The van der Waals surface area contributed by atoms with E-state index in [0.29, 0.717) is 17.6 Å². The van der Waals surface area contributed by atoms with Gasteiger partial charge < -0.3 is 25.2 Å². The SMILES string of the molecule is CC(c1c[nH]c2ccccc12)C(NC(=O)c1ccc(F)cc1F)C(=O)N1C[C@@H](CN(C)C)Cc2cc(Cl)ccc21.O=C(O)C(F)(F)F. The molecular formula is C33H32ClF5N4O4. The van der Waals surface area contributed by atoms with Crippen LogP contribution in [0.4, 0.5) is 27.6 Å². The zero-order valence-electron chi connectivity index (χ0n) is 25.5. The highest BCUT2D eigenvalue weighted by molar-refractivity contribution is 6.30. The summed E-state index contributed by atoms with van der Waals surface area (Å²) in [6, 6.07) is 14.9. The van der Waals surface area contributed by atoms with Crippen LogP contribution >= 0.6 is 11.6 Å². The number of H-pyrrole nitrogens is 1. The van der Waals surface area contributed by atoms with Crippen LogP contribution in [0, 0.1) is 17.6 Å². The molecular weight excluding hydrogens is 647 g/mol. The van der Waals surface area contributed by atoms with Crippen molar-refractivity contribution in [2.45, 2.75) is 31.5 Å². The molecule has 3 atom stereocenters. The van der Waals surface area contributed by atoms with Crippen molar-refractivity contribution in [3.05, 3.63) is 100 Å². The summed E-state index contributed by atoms with van der Waals surface area (Å²) in [6.07, 6.45) is -2.49. The molecule has 0 saturated carbocycles. The van der Waals surface area contributed by atoms with Crippen LogP contribution in [-0.2, 0) is 16.0 Å². The molecule has 2 heterocycles. The second kappa shape index (κ2) is 14.5. The Morgan fingerprint density at radius 1 is 1.09 bits per heavy atom. The molecule has 0 fully saturated rings. The third-order valence-corrected chi connectivity index (χ3v) is 7.99. The van der Waals surface area contributed by atoms with Gasteiger partial charge in [-0.05, 0) is 74.0 Å². The number of para-hydroxylation sites is 1. The van der Waals surface area contributed by atoms with Gasteiger partial charge in [0.05, 0.1) is 5.56 Å². The number of hydrogen-bond acceptors (Lipinski definition) is 4. The Balaban J connectivity index is 0.000000644. The highest BCUT2D eigenvalue weighted by Gasteiger charge is 2.39. The smallest absolute Gasteiger partial charge is 0.475 e. The molecule has 3 aromatic carbocycles. The van der Waals surface area contributed by atoms with Crippen LogP contribution in [0.5, 0.6) is 0 Å². The number of anilines is 1. The van der Waals surface area contributed by atoms with Crippen LogP contribution in [-0.4, -0.2) is 72.2 Å². The second-order valence-electron chi connectivity index (χ2n) is 11.5. The van der Waals surface area contributed by atoms with E-state index in [1.807, 2.05) is 63.6 Å². The molecule has 0 bridgehead atoms. The molecule has 0 saturated heterocycles. The van der Waals surface area contributed by atoms with Crippen molar-refractivity contribution < 1.29 is 41.4 Å². The fourth-order valence-corrected chi connectivity index (χ4v) is 5.87. The number of aromatic amines is 1. The summed E-state index contributed by atoms with van der Waals surface area (Å²) >= 11 is 6.32. The van der Waals surface area contributed by atoms with Gasteiger partial charge in [0.25, 0.3) is 5.91 Å². The average Bonchev–Trinajstić information content (AvgIpc) is 3.42. The number of halogens is 6. The largest absolute Gasteiger partial charge is 0.490 e. The van der Waals surface area contributed by atoms with Crippen molar-refractivity contribution in [2.75, 3.05) is 32.1 Å². The van der Waals surface area contributed by atoms with Crippen LogP contribution in [0.25, 0.3) is 10.9 Å². The molecule has 0 aliphatic carbocycles. The van der Waals surface area contributed by atoms with Crippen molar-refractivity contribution in [3.8, 4) is 0 Å². The Labute approximate surface area is 272 Å². The fraction of sp³-hybridized carbons (Fsp3) is 0.303. The molecule has 2 unspecified atom stereocenters. The maximum Gasteiger partial charge on any atom is 0.490 e. The van der Waals surface area contributed by atoms with Crippen LogP contribution in [0.1, 0.15) is 34.3 Å². The van der Waals surface area contributed by atoms with E-state index in [2.05, 4.69) is 15.2 Å². The zero-order valence-corrected chi connectivity index (χ0v) is 26.3. The summed E-state index contributed by atoms with van der Waals surface area (Å²) in [4.78, 5) is 43.7. The molecule has 8 nitrogen and oxygen atoms in total. The van der Waals surface area contributed by atoms with Gasteiger partial charge in [0.1, 0.15) is 17.7 Å². The first-order valence-corrected chi connectivity index (χ1v) is 14.8. The summed E-state index contributed by atoms with van der Waals surface area (Å²) in [5, 5.41) is 11.4. The predicted octanol–water partition coefficient (Wildman–Crippen LogP) is 6.40. The molecule has 1 aliphatic heterocycles. The maximum atomic E-state index is 14.6. The summed E-state index contributed by atoms with van der Waals surface area (Å²) in [6.45, 7) is 3.07. The van der Waals surface area contributed by atoms with Gasteiger partial charge in [-0.25, -0.2) is 13.6 Å².